The second-order valence-electron chi connectivity index (χ2n) is 7.35. The molecule has 9 heteroatoms. The Morgan fingerprint density at radius 1 is 1.03 bits per heavy atom. The molecule has 5 aromatic rings. The lowest BCUT2D eigenvalue weighted by Crippen LogP contribution is -2.25. The van der Waals surface area contributed by atoms with Gasteiger partial charge >= 0.3 is 0 Å². The van der Waals surface area contributed by atoms with Crippen LogP contribution in [0.4, 0.5) is 15.2 Å². The third-order valence-corrected chi connectivity index (χ3v) is 6.15. The van der Waals surface area contributed by atoms with E-state index in [1.165, 1.54) is 47.6 Å². The first kappa shape index (κ1) is 21.4. The average Bonchev–Trinajstić information content (AvgIpc) is 3.26. The van der Waals surface area contributed by atoms with Gasteiger partial charge in [0.2, 0.25) is 5.13 Å². The Balaban J connectivity index is 1.59. The molecule has 1 aromatic heterocycles. The highest BCUT2D eigenvalue weighted by molar-refractivity contribution is 7.22. The number of aromatic nitrogens is 1. The lowest BCUT2D eigenvalue weighted by atomic mass is 10.0. The predicted octanol–water partition coefficient (Wildman–Crippen LogP) is 6.18. The third kappa shape index (κ3) is 4.12. The molecule has 0 N–H and O–H groups in total. The smallest absolute Gasteiger partial charge is 0.267 e. The summed E-state index contributed by atoms with van der Waals surface area (Å²) in [5, 5.41) is 18.4. The maximum absolute atomic E-state index is 13.7. The molecule has 0 aliphatic carbocycles. The lowest BCUT2D eigenvalue weighted by molar-refractivity contribution is -0.384. The quantitative estimate of drug-likeness (QED) is 0.174. The van der Waals surface area contributed by atoms with Crippen LogP contribution in [0.15, 0.2) is 90.0 Å². The number of carbonyl (C=O) groups excluding carboxylic acids is 1. The van der Waals surface area contributed by atoms with Gasteiger partial charge in [-0.2, -0.15) is 10.1 Å². The highest BCUT2D eigenvalue weighted by atomic mass is 32.1. The number of fused-ring (bicyclic) bond motifs is 2. The molecule has 0 fully saturated rings. The number of nitro benzene ring substituents is 1. The van der Waals surface area contributed by atoms with E-state index in [1.807, 2.05) is 30.3 Å². The number of thiazole rings is 1. The van der Waals surface area contributed by atoms with Crippen LogP contribution >= 0.6 is 11.3 Å². The summed E-state index contributed by atoms with van der Waals surface area (Å²) >= 11 is 1.14. The first-order chi connectivity index (χ1) is 16.5. The number of rotatable bonds is 5. The first-order valence-electron chi connectivity index (χ1n) is 10.2. The van der Waals surface area contributed by atoms with Crippen LogP contribution in [0.5, 0.6) is 0 Å². The van der Waals surface area contributed by atoms with Crippen LogP contribution in [0, 0.1) is 15.9 Å². The number of anilines is 1. The molecule has 1 heterocycles. The number of hydrogen-bond acceptors (Lipinski definition) is 6. The molecule has 7 nitrogen and oxygen atoms in total. The van der Waals surface area contributed by atoms with Crippen LogP contribution in [-0.2, 0) is 0 Å². The maximum Gasteiger partial charge on any atom is 0.281 e. The van der Waals surface area contributed by atoms with Crippen LogP contribution in [-0.4, -0.2) is 22.0 Å². The van der Waals surface area contributed by atoms with Crippen molar-refractivity contribution < 1.29 is 14.1 Å². The Labute approximate surface area is 196 Å². The molecule has 5 rings (SSSR count). The minimum absolute atomic E-state index is 0.0472. The Kier molecular flexibility index (Phi) is 5.52. The number of hydrogen-bond donors (Lipinski definition) is 0. The zero-order valence-corrected chi connectivity index (χ0v) is 18.3. The highest BCUT2D eigenvalue weighted by Gasteiger charge is 2.23. The van der Waals surface area contributed by atoms with Gasteiger partial charge in [0.05, 0.1) is 21.4 Å². The van der Waals surface area contributed by atoms with Crippen molar-refractivity contribution in [2.75, 3.05) is 5.01 Å². The summed E-state index contributed by atoms with van der Waals surface area (Å²) < 4.78 is 14.3. The summed E-state index contributed by atoms with van der Waals surface area (Å²) in [5.74, 6) is -0.807. The summed E-state index contributed by atoms with van der Waals surface area (Å²) in [5.41, 5.74) is 1.49. The number of benzene rings is 4. The van der Waals surface area contributed by atoms with Gasteiger partial charge in [-0.05, 0) is 52.7 Å². The van der Waals surface area contributed by atoms with E-state index in [9.17, 15) is 19.3 Å². The van der Waals surface area contributed by atoms with E-state index in [4.69, 9.17) is 0 Å². The zero-order valence-electron chi connectivity index (χ0n) is 17.5. The molecule has 0 aliphatic rings. The monoisotopic (exact) mass is 470 g/mol. The van der Waals surface area contributed by atoms with Crippen LogP contribution in [0.3, 0.4) is 0 Å². The SMILES string of the molecule is O=C(c1cccc2ccccc12)N(/N=C/c1ccc([N+](=O)[O-])cc1)c1nc2ccc(F)cc2s1. The second-order valence-corrected chi connectivity index (χ2v) is 8.35. The number of carbonyl (C=O) groups is 1. The molecular weight excluding hydrogens is 455 g/mol. The van der Waals surface area contributed by atoms with Gasteiger partial charge in [-0.1, -0.05) is 47.7 Å². The van der Waals surface area contributed by atoms with Gasteiger partial charge in [0.15, 0.2) is 0 Å². The number of nitro groups is 1. The van der Waals surface area contributed by atoms with Crippen molar-refractivity contribution in [3.8, 4) is 0 Å². The van der Waals surface area contributed by atoms with Crippen LogP contribution in [0.25, 0.3) is 21.0 Å². The standard InChI is InChI=1S/C25H15FN4O3S/c26-18-10-13-22-23(14-18)34-25(28-22)29(27-15-16-8-11-19(12-9-16)30(32)33)24(31)21-7-3-5-17-4-1-2-6-20(17)21/h1-15H/b27-15+. The fraction of sp³-hybridized carbons (Fsp3) is 0. The van der Waals surface area contributed by atoms with Gasteiger partial charge in [-0.25, -0.2) is 9.37 Å². The summed E-state index contributed by atoms with van der Waals surface area (Å²) in [4.78, 5) is 28.6. The van der Waals surface area contributed by atoms with Gasteiger partial charge in [-0.15, -0.1) is 0 Å². The van der Waals surface area contributed by atoms with Gasteiger partial charge in [0, 0.05) is 17.7 Å². The molecule has 4 aromatic carbocycles. The number of hydrazone groups is 1. The van der Waals surface area contributed by atoms with Crippen molar-refractivity contribution in [2.45, 2.75) is 0 Å². The zero-order chi connectivity index (χ0) is 23.7. The van der Waals surface area contributed by atoms with E-state index in [2.05, 4.69) is 10.1 Å². The van der Waals surface area contributed by atoms with Crippen molar-refractivity contribution in [3.05, 3.63) is 112 Å². The Morgan fingerprint density at radius 3 is 2.59 bits per heavy atom. The topological polar surface area (TPSA) is 88.7 Å². The lowest BCUT2D eigenvalue weighted by Gasteiger charge is -2.15. The molecule has 34 heavy (non-hydrogen) atoms. The molecule has 0 spiro atoms. The van der Waals surface area contributed by atoms with E-state index in [0.29, 0.717) is 21.3 Å². The molecule has 1 amide bonds. The molecule has 0 unspecified atom stereocenters. The minimum atomic E-state index is -0.489. The fourth-order valence-corrected chi connectivity index (χ4v) is 4.45. The van der Waals surface area contributed by atoms with Crippen LogP contribution < -0.4 is 5.01 Å². The van der Waals surface area contributed by atoms with E-state index < -0.39 is 16.6 Å². The van der Waals surface area contributed by atoms with Crippen molar-refractivity contribution in [1.29, 1.82) is 0 Å². The van der Waals surface area contributed by atoms with Gasteiger partial charge in [-0.3, -0.25) is 14.9 Å². The van der Waals surface area contributed by atoms with Crippen molar-refractivity contribution in [1.82, 2.24) is 4.98 Å². The highest BCUT2D eigenvalue weighted by Crippen LogP contribution is 2.31. The fourth-order valence-electron chi connectivity index (χ4n) is 3.50. The molecule has 0 saturated heterocycles. The minimum Gasteiger partial charge on any atom is -0.267 e. The van der Waals surface area contributed by atoms with Crippen LogP contribution in [0.1, 0.15) is 15.9 Å². The number of non-ortho nitro benzene ring substituents is 1. The van der Waals surface area contributed by atoms with E-state index in [0.717, 1.165) is 22.1 Å². The third-order valence-electron chi connectivity index (χ3n) is 5.16. The molecule has 0 aliphatic heterocycles. The van der Waals surface area contributed by atoms with Gasteiger partial charge in [0.1, 0.15) is 5.82 Å². The summed E-state index contributed by atoms with van der Waals surface area (Å²) in [6, 6.07) is 22.9. The molecular formula is C25H15FN4O3S. The second kappa shape index (κ2) is 8.80. The number of nitrogens with zero attached hydrogens (tertiary/aromatic N) is 4. The molecule has 0 bridgehead atoms. The van der Waals surface area contributed by atoms with Gasteiger partial charge < -0.3 is 0 Å². The Bertz CT molecular complexity index is 1580. The van der Waals surface area contributed by atoms with E-state index in [1.54, 1.807) is 18.2 Å². The Hall–Kier alpha value is -4.50. The van der Waals surface area contributed by atoms with E-state index in [-0.39, 0.29) is 10.8 Å². The van der Waals surface area contributed by atoms with Crippen molar-refractivity contribution in [2.24, 2.45) is 5.10 Å². The van der Waals surface area contributed by atoms with Crippen molar-refractivity contribution in [3.63, 3.8) is 0 Å². The normalized spacial score (nSPS) is 11.3. The van der Waals surface area contributed by atoms with Crippen molar-refractivity contribution >= 4 is 55.3 Å². The average molecular weight is 470 g/mol. The largest absolute Gasteiger partial charge is 0.281 e. The van der Waals surface area contributed by atoms with Gasteiger partial charge in [0.25, 0.3) is 11.6 Å². The van der Waals surface area contributed by atoms with E-state index >= 15 is 0 Å². The number of amides is 1. The van der Waals surface area contributed by atoms with Crippen LogP contribution in [0.2, 0.25) is 0 Å². The molecule has 0 radical (unpaired) electrons. The molecule has 0 atom stereocenters. The molecule has 0 saturated carbocycles. The summed E-state index contributed by atoms with van der Waals surface area (Å²) in [7, 11) is 0. The predicted molar refractivity (Wildman–Crippen MR) is 131 cm³/mol. The summed E-state index contributed by atoms with van der Waals surface area (Å²) in [6.07, 6.45) is 1.43. The maximum atomic E-state index is 13.7. The molecule has 166 valence electrons. The Morgan fingerprint density at radius 2 is 1.79 bits per heavy atom. The number of halogens is 1. The first-order valence-corrected chi connectivity index (χ1v) is 11.0. The summed E-state index contributed by atoms with van der Waals surface area (Å²) in [6.45, 7) is 0.